The fourth-order valence-corrected chi connectivity index (χ4v) is 8.12. The minimum atomic E-state index is 0.0833. The first-order chi connectivity index (χ1) is 25.0. The van der Waals surface area contributed by atoms with Crippen LogP contribution in [0.4, 0.5) is 0 Å². The molecule has 2 heteroatoms. The number of hydrogen-bond donors (Lipinski definition) is 0. The molecule has 0 radical (unpaired) electrons. The lowest BCUT2D eigenvalue weighted by molar-refractivity contribution is 0.637. The molecule has 9 aromatic rings. The summed E-state index contributed by atoms with van der Waals surface area (Å²) in [6.07, 6.45) is 6.91. The highest BCUT2D eigenvalue weighted by atomic mass is 15.0. The molecule has 7 aromatic carbocycles. The van der Waals surface area contributed by atoms with Crippen LogP contribution in [0, 0.1) is 5.41 Å². The van der Waals surface area contributed by atoms with E-state index in [-0.39, 0.29) is 5.41 Å². The van der Waals surface area contributed by atoms with Gasteiger partial charge in [-0.3, -0.25) is 0 Å². The fourth-order valence-electron chi connectivity index (χ4n) is 8.12. The number of fused-ring (bicyclic) bond motifs is 6. The lowest BCUT2D eigenvalue weighted by Gasteiger charge is -2.12. The zero-order valence-electron chi connectivity index (χ0n) is 28.7. The Morgan fingerprint density at radius 2 is 0.843 bits per heavy atom. The molecule has 2 aromatic heterocycles. The third kappa shape index (κ3) is 4.87. The molecular weight excluding hydrogens is 617 g/mol. The smallest absolute Gasteiger partial charge is 0.0541 e. The van der Waals surface area contributed by atoms with E-state index in [1.54, 1.807) is 0 Å². The summed E-state index contributed by atoms with van der Waals surface area (Å²) in [4.78, 5) is 0. The van der Waals surface area contributed by atoms with Crippen molar-refractivity contribution in [1.82, 2.24) is 9.13 Å². The summed E-state index contributed by atoms with van der Waals surface area (Å²) < 4.78 is 4.83. The molecule has 10 rings (SSSR count). The average Bonchev–Trinajstić information content (AvgIpc) is 3.83. The van der Waals surface area contributed by atoms with E-state index >= 15 is 0 Å². The summed E-state index contributed by atoms with van der Waals surface area (Å²) in [6.45, 7) is 4.51. The van der Waals surface area contributed by atoms with E-state index < -0.39 is 0 Å². The third-order valence-corrected chi connectivity index (χ3v) is 10.5. The van der Waals surface area contributed by atoms with E-state index in [0.29, 0.717) is 0 Å². The second-order valence-electron chi connectivity index (χ2n) is 14.4. The molecule has 0 atom stereocenters. The monoisotopic (exact) mass is 652 g/mol. The molecule has 1 aliphatic rings. The lowest BCUT2D eigenvalue weighted by atomic mass is 9.95. The largest absolute Gasteiger partial charge is 0.309 e. The molecular formula is C49H36N2. The van der Waals surface area contributed by atoms with E-state index in [0.717, 1.165) is 5.69 Å². The van der Waals surface area contributed by atoms with Crippen molar-refractivity contribution in [2.45, 2.75) is 13.8 Å². The van der Waals surface area contributed by atoms with Crippen molar-refractivity contribution >= 4 is 49.2 Å². The lowest BCUT2D eigenvalue weighted by Crippen LogP contribution is -1.98. The van der Waals surface area contributed by atoms with Crippen LogP contribution in [0.25, 0.3) is 82.8 Å². The molecule has 0 spiro atoms. The van der Waals surface area contributed by atoms with Gasteiger partial charge in [-0.2, -0.15) is 0 Å². The summed E-state index contributed by atoms with van der Waals surface area (Å²) in [5.41, 5.74) is 14.7. The summed E-state index contributed by atoms with van der Waals surface area (Å²) in [7, 11) is 0. The summed E-state index contributed by atoms with van der Waals surface area (Å²) in [5, 5.41) is 5.03. The number of nitrogens with zero attached hydrogens (tertiary/aromatic N) is 2. The predicted molar refractivity (Wildman–Crippen MR) is 217 cm³/mol. The molecule has 0 bridgehead atoms. The van der Waals surface area contributed by atoms with Gasteiger partial charge in [-0.1, -0.05) is 135 Å². The zero-order chi connectivity index (χ0) is 34.1. The highest BCUT2D eigenvalue weighted by Crippen LogP contribution is 2.40. The standard InChI is InChI=1S/C49H36N2/c1-49(2)27-26-38(32-49)35-15-11-17-40(29-35)51-46-21-9-7-19-42(46)44-31-37(23-25-48(44)51)36-22-24-47-43(30-36)41-18-6-8-20-45(41)50(47)39-16-10-14-34(28-39)33-12-4-3-5-13-33/h3-32H,1-2H3. The van der Waals surface area contributed by atoms with E-state index in [4.69, 9.17) is 0 Å². The van der Waals surface area contributed by atoms with Crippen molar-refractivity contribution in [1.29, 1.82) is 0 Å². The van der Waals surface area contributed by atoms with Gasteiger partial charge in [0.05, 0.1) is 22.1 Å². The zero-order valence-corrected chi connectivity index (χ0v) is 28.7. The molecule has 0 N–H and O–H groups in total. The van der Waals surface area contributed by atoms with Gasteiger partial charge in [0.15, 0.2) is 0 Å². The van der Waals surface area contributed by atoms with Crippen LogP contribution in [0.3, 0.4) is 0 Å². The Morgan fingerprint density at radius 3 is 1.41 bits per heavy atom. The normalized spacial score (nSPS) is 13.9. The SMILES string of the molecule is CC1(C)C=CC(c2cccc(-n3c4ccccc4c4cc(-c5ccc6c(c5)c5ccccc5n6-c5cccc(-c6ccccc6)c5)ccc43)c2)=C1. The second kappa shape index (κ2) is 11.3. The molecule has 0 saturated carbocycles. The molecule has 242 valence electrons. The fraction of sp³-hybridized carbons (Fsp3) is 0.0612. The Hall–Kier alpha value is -6.38. The Labute approximate surface area is 297 Å². The van der Waals surface area contributed by atoms with Gasteiger partial charge in [0, 0.05) is 38.3 Å². The van der Waals surface area contributed by atoms with Gasteiger partial charge < -0.3 is 9.13 Å². The van der Waals surface area contributed by atoms with E-state index in [2.05, 4.69) is 205 Å². The van der Waals surface area contributed by atoms with Crippen LogP contribution in [0.1, 0.15) is 19.4 Å². The van der Waals surface area contributed by atoms with Gasteiger partial charge in [0.1, 0.15) is 0 Å². The Balaban J connectivity index is 1.11. The topological polar surface area (TPSA) is 9.86 Å². The van der Waals surface area contributed by atoms with Crippen molar-refractivity contribution < 1.29 is 0 Å². The Morgan fingerprint density at radius 1 is 0.373 bits per heavy atom. The van der Waals surface area contributed by atoms with Crippen LogP contribution in [0.5, 0.6) is 0 Å². The van der Waals surface area contributed by atoms with Crippen LogP contribution in [-0.2, 0) is 0 Å². The first-order valence-electron chi connectivity index (χ1n) is 17.8. The number of hydrogen-bond acceptors (Lipinski definition) is 0. The minimum Gasteiger partial charge on any atom is -0.309 e. The highest BCUT2D eigenvalue weighted by Gasteiger charge is 2.19. The minimum absolute atomic E-state index is 0.0833. The molecule has 0 amide bonds. The van der Waals surface area contributed by atoms with Gasteiger partial charge in [-0.05, 0) is 94.1 Å². The highest BCUT2D eigenvalue weighted by molar-refractivity contribution is 6.12. The van der Waals surface area contributed by atoms with Crippen LogP contribution < -0.4 is 0 Å². The van der Waals surface area contributed by atoms with Gasteiger partial charge in [-0.25, -0.2) is 0 Å². The van der Waals surface area contributed by atoms with E-state index in [1.165, 1.54) is 82.7 Å². The van der Waals surface area contributed by atoms with Crippen LogP contribution >= 0.6 is 0 Å². The maximum Gasteiger partial charge on any atom is 0.0541 e. The maximum atomic E-state index is 2.42. The first kappa shape index (κ1) is 29.5. The average molecular weight is 653 g/mol. The Bertz CT molecular complexity index is 2880. The van der Waals surface area contributed by atoms with Crippen molar-refractivity contribution in [2.75, 3.05) is 0 Å². The molecule has 1 aliphatic carbocycles. The van der Waals surface area contributed by atoms with Gasteiger partial charge in [0.25, 0.3) is 0 Å². The predicted octanol–water partition coefficient (Wildman–Crippen LogP) is 13.2. The first-order valence-corrected chi connectivity index (χ1v) is 17.8. The molecule has 0 aliphatic heterocycles. The van der Waals surface area contributed by atoms with Crippen molar-refractivity contribution in [2.24, 2.45) is 5.41 Å². The molecule has 2 nitrogen and oxygen atoms in total. The summed E-state index contributed by atoms with van der Waals surface area (Å²) in [5.74, 6) is 0. The quantitative estimate of drug-likeness (QED) is 0.175. The van der Waals surface area contributed by atoms with E-state index in [9.17, 15) is 0 Å². The molecule has 0 saturated heterocycles. The van der Waals surface area contributed by atoms with Crippen molar-refractivity contribution in [3.8, 4) is 33.6 Å². The van der Waals surface area contributed by atoms with E-state index in [1.807, 2.05) is 0 Å². The van der Waals surface area contributed by atoms with Crippen molar-refractivity contribution in [3.63, 3.8) is 0 Å². The maximum absolute atomic E-state index is 2.42. The number of allylic oxidation sites excluding steroid dienone is 4. The third-order valence-electron chi connectivity index (χ3n) is 10.5. The second-order valence-corrected chi connectivity index (χ2v) is 14.4. The molecule has 0 fully saturated rings. The summed E-state index contributed by atoms with van der Waals surface area (Å²) >= 11 is 0. The van der Waals surface area contributed by atoms with Gasteiger partial charge in [-0.15, -0.1) is 0 Å². The van der Waals surface area contributed by atoms with Gasteiger partial charge in [0.2, 0.25) is 0 Å². The Kier molecular flexibility index (Phi) is 6.56. The number of rotatable bonds is 5. The van der Waals surface area contributed by atoms with Crippen LogP contribution in [0.2, 0.25) is 0 Å². The molecule has 51 heavy (non-hydrogen) atoms. The van der Waals surface area contributed by atoms with Crippen LogP contribution in [0.15, 0.2) is 182 Å². The molecule has 0 unspecified atom stereocenters. The van der Waals surface area contributed by atoms with Crippen LogP contribution in [-0.4, -0.2) is 9.13 Å². The number of benzene rings is 7. The molecule has 2 heterocycles. The van der Waals surface area contributed by atoms with Crippen molar-refractivity contribution in [3.05, 3.63) is 188 Å². The van der Waals surface area contributed by atoms with Gasteiger partial charge >= 0.3 is 0 Å². The number of aromatic nitrogens is 2. The number of para-hydroxylation sites is 2. The summed E-state index contributed by atoms with van der Waals surface area (Å²) in [6, 6.07) is 60.0.